The van der Waals surface area contributed by atoms with Crippen LogP contribution in [-0.4, -0.2) is 19.1 Å². The lowest BCUT2D eigenvalue weighted by atomic mass is 10.2. The number of nitrogens with zero attached hydrogens (tertiary/aromatic N) is 2. The highest BCUT2D eigenvalue weighted by Crippen LogP contribution is 2.23. The fourth-order valence-corrected chi connectivity index (χ4v) is 1.55. The molecule has 0 saturated carbocycles. The van der Waals surface area contributed by atoms with Crippen LogP contribution in [0.15, 0.2) is 48.7 Å². The van der Waals surface area contributed by atoms with Crippen LogP contribution in [0.2, 0.25) is 0 Å². The molecule has 0 bridgehead atoms. The Morgan fingerprint density at radius 2 is 2.00 bits per heavy atom. The van der Waals surface area contributed by atoms with Crippen molar-refractivity contribution in [2.45, 2.75) is 0 Å². The number of hydrogen-bond acceptors (Lipinski definition) is 3. The van der Waals surface area contributed by atoms with E-state index in [1.54, 1.807) is 6.20 Å². The Bertz CT molecular complexity index is 454. The normalized spacial score (nSPS) is 9.88. The zero-order valence-electron chi connectivity index (χ0n) is 9.51. The summed E-state index contributed by atoms with van der Waals surface area (Å²) in [4.78, 5) is 6.37. The highest BCUT2D eigenvalue weighted by atomic mass is 15.2. The molecule has 0 amide bonds. The van der Waals surface area contributed by atoms with E-state index in [4.69, 9.17) is 0 Å². The Hall–Kier alpha value is -2.03. The van der Waals surface area contributed by atoms with E-state index in [2.05, 4.69) is 27.3 Å². The van der Waals surface area contributed by atoms with Crippen LogP contribution in [0.4, 0.5) is 17.2 Å². The van der Waals surface area contributed by atoms with Crippen LogP contribution in [-0.2, 0) is 0 Å². The molecule has 0 aliphatic heterocycles. The van der Waals surface area contributed by atoms with Gasteiger partial charge in [-0.05, 0) is 30.3 Å². The van der Waals surface area contributed by atoms with Gasteiger partial charge < -0.3 is 10.2 Å². The average molecular weight is 213 g/mol. The molecule has 0 saturated heterocycles. The number of rotatable bonds is 3. The largest absolute Gasteiger partial charge is 0.388 e. The first kappa shape index (κ1) is 10.5. The van der Waals surface area contributed by atoms with Crippen molar-refractivity contribution in [1.29, 1.82) is 0 Å². The van der Waals surface area contributed by atoms with E-state index in [0.29, 0.717) is 0 Å². The van der Waals surface area contributed by atoms with Crippen LogP contribution >= 0.6 is 0 Å². The summed E-state index contributed by atoms with van der Waals surface area (Å²) >= 11 is 0. The second-order valence-electron chi connectivity index (χ2n) is 3.55. The van der Waals surface area contributed by atoms with Crippen molar-refractivity contribution in [2.75, 3.05) is 24.3 Å². The van der Waals surface area contributed by atoms with Crippen LogP contribution in [0.5, 0.6) is 0 Å². The minimum absolute atomic E-state index is 0.941. The number of benzene rings is 1. The van der Waals surface area contributed by atoms with E-state index in [-0.39, 0.29) is 0 Å². The van der Waals surface area contributed by atoms with Gasteiger partial charge in [-0.3, -0.25) is 0 Å². The summed E-state index contributed by atoms with van der Waals surface area (Å²) < 4.78 is 0. The van der Waals surface area contributed by atoms with Gasteiger partial charge in [0.1, 0.15) is 5.82 Å². The van der Waals surface area contributed by atoms with Crippen LogP contribution in [0.1, 0.15) is 0 Å². The van der Waals surface area contributed by atoms with Crippen molar-refractivity contribution in [2.24, 2.45) is 0 Å². The quantitative estimate of drug-likeness (QED) is 0.849. The van der Waals surface area contributed by atoms with E-state index < -0.39 is 0 Å². The maximum atomic E-state index is 4.32. The minimum atomic E-state index is 0.941. The second kappa shape index (κ2) is 4.66. The molecule has 1 N–H and O–H groups in total. The number of hydrogen-bond donors (Lipinski definition) is 1. The molecule has 82 valence electrons. The number of nitrogens with one attached hydrogen (secondary N) is 1. The molecule has 3 nitrogen and oxygen atoms in total. The summed E-state index contributed by atoms with van der Waals surface area (Å²) in [5.41, 5.74) is 2.21. The van der Waals surface area contributed by atoms with Gasteiger partial charge in [0.2, 0.25) is 0 Å². The monoisotopic (exact) mass is 213 g/mol. The van der Waals surface area contributed by atoms with E-state index in [0.717, 1.165) is 17.2 Å². The predicted octanol–water partition coefficient (Wildman–Crippen LogP) is 2.89. The van der Waals surface area contributed by atoms with Crippen LogP contribution in [0, 0.1) is 0 Å². The number of pyridine rings is 1. The standard InChI is InChI=1S/C13H15N3/c1-14-11-6-5-7-12(10-11)16(2)13-8-3-4-9-15-13/h3-10,14H,1-2H3. The van der Waals surface area contributed by atoms with Crippen molar-refractivity contribution < 1.29 is 0 Å². The Balaban J connectivity index is 2.30. The highest BCUT2D eigenvalue weighted by molar-refractivity contribution is 5.64. The fraction of sp³-hybridized carbons (Fsp3) is 0.154. The van der Waals surface area contributed by atoms with E-state index in [1.807, 2.05) is 44.4 Å². The third-order valence-electron chi connectivity index (χ3n) is 2.52. The molecular weight excluding hydrogens is 198 g/mol. The summed E-state index contributed by atoms with van der Waals surface area (Å²) in [6.07, 6.45) is 1.80. The van der Waals surface area contributed by atoms with E-state index >= 15 is 0 Å². The van der Waals surface area contributed by atoms with E-state index in [1.165, 1.54) is 0 Å². The van der Waals surface area contributed by atoms with Crippen molar-refractivity contribution in [3.63, 3.8) is 0 Å². The number of aromatic nitrogens is 1. The summed E-state index contributed by atoms with van der Waals surface area (Å²) in [6, 6.07) is 14.1. The van der Waals surface area contributed by atoms with Gasteiger partial charge in [-0.25, -0.2) is 4.98 Å². The van der Waals surface area contributed by atoms with Gasteiger partial charge in [0.15, 0.2) is 0 Å². The average Bonchev–Trinajstić information content (AvgIpc) is 2.39. The van der Waals surface area contributed by atoms with Crippen LogP contribution in [0.3, 0.4) is 0 Å². The first-order chi connectivity index (χ1) is 7.81. The summed E-state index contributed by atoms with van der Waals surface area (Å²) in [5.74, 6) is 0.941. The van der Waals surface area contributed by atoms with Crippen molar-refractivity contribution in [1.82, 2.24) is 4.98 Å². The van der Waals surface area contributed by atoms with Crippen molar-refractivity contribution in [3.8, 4) is 0 Å². The van der Waals surface area contributed by atoms with Gasteiger partial charge >= 0.3 is 0 Å². The molecule has 1 aromatic carbocycles. The molecule has 2 rings (SSSR count). The Morgan fingerprint density at radius 1 is 1.12 bits per heavy atom. The lowest BCUT2D eigenvalue weighted by molar-refractivity contribution is 1.13. The zero-order valence-corrected chi connectivity index (χ0v) is 9.51. The van der Waals surface area contributed by atoms with Crippen LogP contribution < -0.4 is 10.2 Å². The Morgan fingerprint density at radius 3 is 2.69 bits per heavy atom. The summed E-state index contributed by atoms with van der Waals surface area (Å²) in [7, 11) is 3.93. The molecule has 0 aliphatic rings. The molecule has 3 heteroatoms. The molecule has 0 fully saturated rings. The van der Waals surface area contributed by atoms with Gasteiger partial charge in [-0.15, -0.1) is 0 Å². The molecular formula is C13H15N3. The van der Waals surface area contributed by atoms with Gasteiger partial charge in [-0.1, -0.05) is 12.1 Å². The summed E-state index contributed by atoms with van der Waals surface area (Å²) in [6.45, 7) is 0. The van der Waals surface area contributed by atoms with Gasteiger partial charge in [0.05, 0.1) is 0 Å². The Labute approximate surface area is 95.7 Å². The SMILES string of the molecule is CNc1cccc(N(C)c2ccccn2)c1. The minimum Gasteiger partial charge on any atom is -0.388 e. The van der Waals surface area contributed by atoms with Gasteiger partial charge in [0.25, 0.3) is 0 Å². The molecule has 16 heavy (non-hydrogen) atoms. The fourth-order valence-electron chi connectivity index (χ4n) is 1.55. The third-order valence-corrected chi connectivity index (χ3v) is 2.52. The molecule has 0 unspecified atom stereocenters. The molecule has 0 aliphatic carbocycles. The molecule has 2 aromatic rings. The van der Waals surface area contributed by atoms with Gasteiger partial charge in [-0.2, -0.15) is 0 Å². The molecule has 0 spiro atoms. The molecule has 1 heterocycles. The first-order valence-electron chi connectivity index (χ1n) is 5.24. The smallest absolute Gasteiger partial charge is 0.132 e. The van der Waals surface area contributed by atoms with Crippen molar-refractivity contribution >= 4 is 17.2 Å². The van der Waals surface area contributed by atoms with Crippen molar-refractivity contribution in [3.05, 3.63) is 48.7 Å². The Kier molecular flexibility index (Phi) is 3.05. The number of anilines is 3. The zero-order chi connectivity index (χ0) is 11.4. The molecule has 1 aromatic heterocycles. The predicted molar refractivity (Wildman–Crippen MR) is 68.3 cm³/mol. The molecule has 0 atom stereocenters. The third kappa shape index (κ3) is 2.14. The maximum absolute atomic E-state index is 4.32. The summed E-state index contributed by atoms with van der Waals surface area (Å²) in [5, 5.41) is 3.13. The van der Waals surface area contributed by atoms with Crippen LogP contribution in [0.25, 0.3) is 0 Å². The molecule has 0 radical (unpaired) electrons. The maximum Gasteiger partial charge on any atom is 0.132 e. The lowest BCUT2D eigenvalue weighted by Gasteiger charge is -2.18. The van der Waals surface area contributed by atoms with E-state index in [9.17, 15) is 0 Å². The van der Waals surface area contributed by atoms with Gasteiger partial charge in [0, 0.05) is 31.7 Å². The highest BCUT2D eigenvalue weighted by Gasteiger charge is 2.04. The second-order valence-corrected chi connectivity index (χ2v) is 3.55. The lowest BCUT2D eigenvalue weighted by Crippen LogP contribution is -2.10. The topological polar surface area (TPSA) is 28.2 Å². The first-order valence-corrected chi connectivity index (χ1v) is 5.24.